The van der Waals surface area contributed by atoms with E-state index in [9.17, 15) is 9.59 Å². The number of hydrogen-bond acceptors (Lipinski definition) is 6. The third-order valence-corrected chi connectivity index (χ3v) is 6.19. The number of amides is 2. The minimum atomic E-state index is -1.06. The Kier molecular flexibility index (Phi) is 4.60. The summed E-state index contributed by atoms with van der Waals surface area (Å²) in [6, 6.07) is 7.26. The van der Waals surface area contributed by atoms with E-state index < -0.39 is 6.09 Å². The average molecular weight is 397 g/mol. The fraction of sp³-hybridized carbons (Fsp3) is 0.263. The van der Waals surface area contributed by atoms with Crippen LogP contribution in [0.15, 0.2) is 30.5 Å². The van der Waals surface area contributed by atoms with Crippen LogP contribution in [0.5, 0.6) is 0 Å². The van der Waals surface area contributed by atoms with Crippen molar-refractivity contribution in [3.63, 3.8) is 0 Å². The molecule has 0 spiro atoms. The van der Waals surface area contributed by atoms with Crippen molar-refractivity contribution in [3.8, 4) is 10.6 Å². The number of aryl methyl sites for hydroxylation is 1. The fourth-order valence-electron chi connectivity index (χ4n) is 3.52. The van der Waals surface area contributed by atoms with Gasteiger partial charge in [0.05, 0.1) is 16.6 Å². The number of carboxylic acid groups (broad SMARTS) is 1. The van der Waals surface area contributed by atoms with Gasteiger partial charge in [-0.1, -0.05) is 0 Å². The van der Waals surface area contributed by atoms with Gasteiger partial charge in [0.25, 0.3) is 5.91 Å². The number of nitrogens with zero attached hydrogens (tertiary/aromatic N) is 3. The number of nitrogens with two attached hydrogens (primary N) is 1. The maximum absolute atomic E-state index is 12.9. The van der Waals surface area contributed by atoms with Gasteiger partial charge >= 0.3 is 6.09 Å². The third-order valence-electron chi connectivity index (χ3n) is 4.89. The minimum absolute atomic E-state index is 0.0879. The number of rotatable bonds is 3. The molecular formula is C19H19N5O3S. The molecule has 3 heterocycles. The number of fused-ring (bicyclic) bond motifs is 1. The van der Waals surface area contributed by atoms with Crippen molar-refractivity contribution in [2.45, 2.75) is 19.4 Å². The standard InChI is InChI=1S/C19H19N5O3S/c1-10-13-8-11(17(25)24-7-5-12(9-24)22-19(26)27)2-3-15(13)28-16(10)14-4-6-21-18(20)23-14/h2-4,6,8,12,22H,5,7,9H2,1H3,(H,26,27)(H2,20,21,23). The molecule has 1 atom stereocenters. The van der Waals surface area contributed by atoms with Crippen molar-refractivity contribution >= 4 is 39.4 Å². The first-order chi connectivity index (χ1) is 13.4. The maximum Gasteiger partial charge on any atom is 0.404 e. The van der Waals surface area contributed by atoms with Crippen molar-refractivity contribution in [2.24, 2.45) is 0 Å². The Morgan fingerprint density at radius 3 is 2.93 bits per heavy atom. The molecule has 0 radical (unpaired) electrons. The van der Waals surface area contributed by atoms with Crippen molar-refractivity contribution in [1.29, 1.82) is 0 Å². The van der Waals surface area contributed by atoms with E-state index in [1.54, 1.807) is 22.4 Å². The van der Waals surface area contributed by atoms with Crippen molar-refractivity contribution in [1.82, 2.24) is 20.2 Å². The van der Waals surface area contributed by atoms with Crippen LogP contribution in [0.3, 0.4) is 0 Å². The summed E-state index contributed by atoms with van der Waals surface area (Å²) in [7, 11) is 0. The molecule has 1 unspecified atom stereocenters. The monoisotopic (exact) mass is 397 g/mol. The van der Waals surface area contributed by atoms with E-state index in [1.807, 2.05) is 31.2 Å². The first-order valence-electron chi connectivity index (χ1n) is 8.83. The molecule has 4 N–H and O–H groups in total. The predicted octanol–water partition coefficient (Wildman–Crippen LogP) is 2.73. The zero-order valence-corrected chi connectivity index (χ0v) is 16.0. The molecule has 1 aromatic carbocycles. The number of carbonyl (C=O) groups excluding carboxylic acids is 1. The van der Waals surface area contributed by atoms with Crippen LogP contribution in [0.2, 0.25) is 0 Å². The molecule has 8 nitrogen and oxygen atoms in total. The molecular weight excluding hydrogens is 378 g/mol. The Morgan fingerprint density at radius 1 is 1.36 bits per heavy atom. The number of aromatic nitrogens is 2. The topological polar surface area (TPSA) is 121 Å². The van der Waals surface area contributed by atoms with Crippen LogP contribution >= 0.6 is 11.3 Å². The van der Waals surface area contributed by atoms with Crippen LogP contribution in [0, 0.1) is 6.92 Å². The second kappa shape index (κ2) is 7.08. The number of nitrogens with one attached hydrogen (secondary N) is 1. The summed E-state index contributed by atoms with van der Waals surface area (Å²) in [6.07, 6.45) is 1.19. The second-order valence-electron chi connectivity index (χ2n) is 6.75. The highest BCUT2D eigenvalue weighted by Gasteiger charge is 2.28. The van der Waals surface area contributed by atoms with E-state index in [0.717, 1.165) is 26.2 Å². The van der Waals surface area contributed by atoms with Gasteiger partial charge in [0.2, 0.25) is 5.95 Å². The number of nitrogen functional groups attached to an aromatic ring is 1. The van der Waals surface area contributed by atoms with E-state index >= 15 is 0 Å². The molecule has 1 aliphatic heterocycles. The van der Waals surface area contributed by atoms with Gasteiger partial charge in [0, 0.05) is 29.5 Å². The van der Waals surface area contributed by atoms with Crippen LogP contribution in [0.1, 0.15) is 22.3 Å². The van der Waals surface area contributed by atoms with E-state index in [2.05, 4.69) is 15.3 Å². The van der Waals surface area contributed by atoms with Crippen molar-refractivity contribution in [2.75, 3.05) is 18.8 Å². The molecule has 1 fully saturated rings. The summed E-state index contributed by atoms with van der Waals surface area (Å²) >= 11 is 1.60. The number of hydrogen-bond donors (Lipinski definition) is 3. The Morgan fingerprint density at radius 2 is 2.18 bits per heavy atom. The van der Waals surface area contributed by atoms with Gasteiger partial charge in [-0.25, -0.2) is 14.8 Å². The number of benzene rings is 1. The lowest BCUT2D eigenvalue weighted by atomic mass is 10.1. The van der Waals surface area contributed by atoms with Gasteiger partial charge in [-0.05, 0) is 48.6 Å². The first-order valence-corrected chi connectivity index (χ1v) is 9.65. The van der Waals surface area contributed by atoms with Gasteiger partial charge in [0.15, 0.2) is 0 Å². The SMILES string of the molecule is Cc1c(-c2ccnc(N)n2)sc2ccc(C(=O)N3CCC(NC(=O)O)C3)cc12. The van der Waals surface area contributed by atoms with E-state index in [1.165, 1.54) is 0 Å². The maximum atomic E-state index is 12.9. The van der Waals surface area contributed by atoms with E-state index in [4.69, 9.17) is 10.8 Å². The molecule has 0 aliphatic carbocycles. The van der Waals surface area contributed by atoms with Gasteiger partial charge in [-0.3, -0.25) is 4.79 Å². The molecule has 9 heteroatoms. The zero-order chi connectivity index (χ0) is 19.8. The molecule has 1 saturated heterocycles. The predicted molar refractivity (Wildman–Crippen MR) is 107 cm³/mol. The van der Waals surface area contributed by atoms with Crippen LogP contribution < -0.4 is 11.1 Å². The summed E-state index contributed by atoms with van der Waals surface area (Å²) < 4.78 is 1.06. The number of anilines is 1. The molecule has 3 aromatic rings. The summed E-state index contributed by atoms with van der Waals surface area (Å²) in [4.78, 5) is 34.6. The molecule has 144 valence electrons. The lowest BCUT2D eigenvalue weighted by molar-refractivity contribution is 0.0788. The Balaban J connectivity index is 1.62. The largest absolute Gasteiger partial charge is 0.465 e. The average Bonchev–Trinajstić information content (AvgIpc) is 3.25. The quantitative estimate of drug-likeness (QED) is 0.625. The minimum Gasteiger partial charge on any atom is -0.465 e. The molecule has 4 rings (SSSR count). The molecule has 1 aliphatic rings. The van der Waals surface area contributed by atoms with Gasteiger partial charge in [0.1, 0.15) is 0 Å². The smallest absolute Gasteiger partial charge is 0.404 e. The number of likely N-dealkylation sites (tertiary alicyclic amines) is 1. The first kappa shape index (κ1) is 18.2. The number of thiophene rings is 1. The second-order valence-corrected chi connectivity index (χ2v) is 7.81. The van der Waals surface area contributed by atoms with E-state index in [0.29, 0.717) is 25.1 Å². The Labute approximate surface area is 165 Å². The molecule has 2 amide bonds. The van der Waals surface area contributed by atoms with Crippen LogP contribution in [-0.2, 0) is 0 Å². The van der Waals surface area contributed by atoms with Crippen LogP contribution in [0.25, 0.3) is 20.7 Å². The normalized spacial score (nSPS) is 16.5. The van der Waals surface area contributed by atoms with Crippen LogP contribution in [0.4, 0.5) is 10.7 Å². The van der Waals surface area contributed by atoms with Gasteiger partial charge < -0.3 is 21.1 Å². The number of carbonyl (C=O) groups is 2. The summed E-state index contributed by atoms with van der Waals surface area (Å²) in [6.45, 7) is 2.93. The highest BCUT2D eigenvalue weighted by atomic mass is 32.1. The van der Waals surface area contributed by atoms with Crippen molar-refractivity contribution in [3.05, 3.63) is 41.6 Å². The Bertz CT molecular complexity index is 1080. The lowest BCUT2D eigenvalue weighted by Gasteiger charge is -2.16. The summed E-state index contributed by atoms with van der Waals surface area (Å²) in [5, 5.41) is 12.3. The highest BCUT2D eigenvalue weighted by molar-refractivity contribution is 7.22. The fourth-order valence-corrected chi connectivity index (χ4v) is 4.68. The molecule has 0 saturated carbocycles. The van der Waals surface area contributed by atoms with Gasteiger partial charge in [-0.2, -0.15) is 0 Å². The molecule has 0 bridgehead atoms. The van der Waals surface area contributed by atoms with E-state index in [-0.39, 0.29) is 17.9 Å². The lowest BCUT2D eigenvalue weighted by Crippen LogP contribution is -2.37. The van der Waals surface area contributed by atoms with Gasteiger partial charge in [-0.15, -0.1) is 11.3 Å². The summed E-state index contributed by atoms with van der Waals surface area (Å²) in [5.74, 6) is 0.138. The molecule has 2 aromatic heterocycles. The van der Waals surface area contributed by atoms with Crippen LogP contribution in [-0.4, -0.2) is 51.1 Å². The molecule has 28 heavy (non-hydrogen) atoms. The van der Waals surface area contributed by atoms with Crippen molar-refractivity contribution < 1.29 is 14.7 Å². The summed E-state index contributed by atoms with van der Waals surface area (Å²) in [5.41, 5.74) is 8.11. The zero-order valence-electron chi connectivity index (χ0n) is 15.2. The highest BCUT2D eigenvalue weighted by Crippen LogP contribution is 2.38. The Hall–Kier alpha value is -3.20. The third kappa shape index (κ3) is 3.36.